The van der Waals surface area contributed by atoms with Crippen LogP contribution in [0.1, 0.15) is 5.56 Å². The highest BCUT2D eigenvalue weighted by Gasteiger charge is 2.09. The lowest BCUT2D eigenvalue weighted by atomic mass is 10.2. The second-order valence-corrected chi connectivity index (χ2v) is 4.47. The zero-order valence-corrected chi connectivity index (χ0v) is 8.62. The van der Waals surface area contributed by atoms with E-state index in [1.807, 2.05) is 19.1 Å². The van der Waals surface area contributed by atoms with Crippen LogP contribution in [-0.2, 0) is 10.8 Å². The van der Waals surface area contributed by atoms with E-state index in [1.165, 1.54) is 0 Å². The van der Waals surface area contributed by atoms with E-state index in [1.54, 1.807) is 18.2 Å². The fourth-order valence-corrected chi connectivity index (χ4v) is 1.96. The molecule has 3 nitrogen and oxygen atoms in total. The normalized spacial score (nSPS) is 14.4. The molecule has 14 heavy (non-hydrogen) atoms. The molecule has 0 heterocycles. The summed E-state index contributed by atoms with van der Waals surface area (Å²) in [6.07, 6.45) is -1.16. The molecule has 0 spiro atoms. The van der Waals surface area contributed by atoms with Crippen LogP contribution in [-0.4, -0.2) is 21.2 Å². The van der Waals surface area contributed by atoms with E-state index < -0.39 is 16.9 Å². The summed E-state index contributed by atoms with van der Waals surface area (Å²) >= 11 is 0. The number of aliphatic hydroxyl groups excluding tert-OH is 1. The van der Waals surface area contributed by atoms with Crippen molar-refractivity contribution in [3.05, 3.63) is 29.8 Å². The molecular weight excluding hydrogens is 198 g/mol. The summed E-state index contributed by atoms with van der Waals surface area (Å²) in [6.45, 7) is 1.94. The van der Waals surface area contributed by atoms with E-state index in [2.05, 4.69) is 0 Å². The Morgan fingerprint density at radius 2 is 2.07 bits per heavy atom. The summed E-state index contributed by atoms with van der Waals surface area (Å²) in [4.78, 5) is 0.643. The van der Waals surface area contributed by atoms with E-state index in [4.69, 9.17) is 10.4 Å². The summed E-state index contributed by atoms with van der Waals surface area (Å²) in [7, 11) is -1.29. The Kier molecular flexibility index (Phi) is 3.81. The van der Waals surface area contributed by atoms with Crippen molar-refractivity contribution in [2.75, 3.05) is 5.75 Å². The van der Waals surface area contributed by atoms with Gasteiger partial charge in [-0.2, -0.15) is 5.26 Å². The van der Waals surface area contributed by atoms with Gasteiger partial charge in [0.2, 0.25) is 0 Å². The SMILES string of the molecule is Cc1ccc([S@@](=O)C[C@H](O)C#N)cc1. The van der Waals surface area contributed by atoms with Crippen molar-refractivity contribution in [3.8, 4) is 6.07 Å². The predicted molar refractivity (Wildman–Crippen MR) is 54.1 cm³/mol. The van der Waals surface area contributed by atoms with Crippen LogP contribution in [0.4, 0.5) is 0 Å². The predicted octanol–water partition coefficient (Wildman–Crippen LogP) is 0.987. The van der Waals surface area contributed by atoms with Gasteiger partial charge in [0.25, 0.3) is 0 Å². The molecule has 1 N–H and O–H groups in total. The van der Waals surface area contributed by atoms with Gasteiger partial charge in [-0.3, -0.25) is 4.21 Å². The Hall–Kier alpha value is -1.18. The molecule has 0 saturated heterocycles. The van der Waals surface area contributed by atoms with E-state index in [9.17, 15) is 4.21 Å². The van der Waals surface area contributed by atoms with E-state index in [0.717, 1.165) is 5.56 Å². The van der Waals surface area contributed by atoms with Gasteiger partial charge in [-0.05, 0) is 19.1 Å². The van der Waals surface area contributed by atoms with Crippen molar-refractivity contribution < 1.29 is 9.32 Å². The topological polar surface area (TPSA) is 61.1 Å². The van der Waals surface area contributed by atoms with Crippen molar-refractivity contribution in [2.24, 2.45) is 0 Å². The molecule has 2 atom stereocenters. The number of benzene rings is 1. The third kappa shape index (κ3) is 2.95. The monoisotopic (exact) mass is 209 g/mol. The van der Waals surface area contributed by atoms with Gasteiger partial charge in [-0.25, -0.2) is 0 Å². The van der Waals surface area contributed by atoms with Crippen LogP contribution in [0.2, 0.25) is 0 Å². The average molecular weight is 209 g/mol. The number of rotatable bonds is 3. The van der Waals surface area contributed by atoms with Gasteiger partial charge in [0, 0.05) is 4.90 Å². The molecule has 0 aliphatic rings. The molecule has 0 unspecified atom stereocenters. The van der Waals surface area contributed by atoms with Gasteiger partial charge >= 0.3 is 0 Å². The maximum atomic E-state index is 11.5. The Bertz CT molecular complexity index is 367. The first-order valence-electron chi connectivity index (χ1n) is 4.16. The molecule has 0 aliphatic heterocycles. The second-order valence-electron chi connectivity index (χ2n) is 2.97. The first-order chi connectivity index (χ1) is 6.63. The quantitative estimate of drug-likeness (QED) is 0.755. The highest BCUT2D eigenvalue weighted by molar-refractivity contribution is 7.85. The van der Waals surface area contributed by atoms with Gasteiger partial charge in [-0.1, -0.05) is 17.7 Å². The summed E-state index contributed by atoms with van der Waals surface area (Å²) in [5, 5.41) is 17.3. The number of nitrogens with zero attached hydrogens (tertiary/aromatic N) is 1. The molecular formula is C10H11NO2S. The van der Waals surface area contributed by atoms with Crippen molar-refractivity contribution in [1.29, 1.82) is 5.26 Å². The van der Waals surface area contributed by atoms with Crippen molar-refractivity contribution >= 4 is 10.8 Å². The zero-order valence-electron chi connectivity index (χ0n) is 7.80. The summed E-state index contributed by atoms with van der Waals surface area (Å²) < 4.78 is 11.5. The highest BCUT2D eigenvalue weighted by Crippen LogP contribution is 2.09. The smallest absolute Gasteiger partial charge is 0.152 e. The molecule has 0 saturated carbocycles. The fourth-order valence-electron chi connectivity index (χ4n) is 0.967. The molecule has 1 aromatic rings. The van der Waals surface area contributed by atoms with Crippen molar-refractivity contribution in [2.45, 2.75) is 17.9 Å². The Morgan fingerprint density at radius 1 is 1.50 bits per heavy atom. The largest absolute Gasteiger partial charge is 0.377 e. The molecule has 4 heteroatoms. The molecule has 0 aliphatic carbocycles. The lowest BCUT2D eigenvalue weighted by molar-refractivity contribution is 0.254. The molecule has 1 aromatic carbocycles. The number of aryl methyl sites for hydroxylation is 1. The number of hydrogen-bond acceptors (Lipinski definition) is 3. The minimum Gasteiger partial charge on any atom is -0.377 e. The van der Waals surface area contributed by atoms with Crippen LogP contribution in [0.3, 0.4) is 0 Å². The van der Waals surface area contributed by atoms with Crippen molar-refractivity contribution in [3.63, 3.8) is 0 Å². The summed E-state index contributed by atoms with van der Waals surface area (Å²) in [5.74, 6) is -0.0282. The molecule has 0 aromatic heterocycles. The molecule has 74 valence electrons. The number of hydrogen-bond donors (Lipinski definition) is 1. The Morgan fingerprint density at radius 3 is 2.57 bits per heavy atom. The van der Waals surface area contributed by atoms with Crippen LogP contribution in [0, 0.1) is 18.3 Å². The van der Waals surface area contributed by atoms with Crippen molar-refractivity contribution in [1.82, 2.24) is 0 Å². The fraction of sp³-hybridized carbons (Fsp3) is 0.300. The lowest BCUT2D eigenvalue weighted by Gasteiger charge is -2.02. The number of aliphatic hydroxyl groups is 1. The zero-order chi connectivity index (χ0) is 10.6. The van der Waals surface area contributed by atoms with Crippen LogP contribution in [0.5, 0.6) is 0 Å². The van der Waals surface area contributed by atoms with Crippen LogP contribution in [0.15, 0.2) is 29.2 Å². The minimum atomic E-state index is -1.29. The Balaban J connectivity index is 2.71. The van der Waals surface area contributed by atoms with E-state index in [0.29, 0.717) is 4.90 Å². The maximum absolute atomic E-state index is 11.5. The molecule has 1 rings (SSSR count). The minimum absolute atomic E-state index is 0.0282. The second kappa shape index (κ2) is 4.89. The molecule has 0 amide bonds. The summed E-state index contributed by atoms with van der Waals surface area (Å²) in [6, 6.07) is 8.84. The average Bonchev–Trinajstić information content (AvgIpc) is 2.18. The summed E-state index contributed by atoms with van der Waals surface area (Å²) in [5.41, 5.74) is 1.09. The van der Waals surface area contributed by atoms with Gasteiger partial charge in [-0.15, -0.1) is 0 Å². The van der Waals surface area contributed by atoms with Gasteiger partial charge in [0.05, 0.1) is 22.6 Å². The van der Waals surface area contributed by atoms with Gasteiger partial charge in [0.15, 0.2) is 6.10 Å². The molecule has 0 bridgehead atoms. The molecule has 0 fully saturated rings. The van der Waals surface area contributed by atoms with Crippen LogP contribution in [0.25, 0.3) is 0 Å². The first-order valence-corrected chi connectivity index (χ1v) is 5.48. The van der Waals surface area contributed by atoms with Gasteiger partial charge in [0.1, 0.15) is 0 Å². The van der Waals surface area contributed by atoms with Gasteiger partial charge < -0.3 is 5.11 Å². The first kappa shape index (κ1) is 10.9. The third-order valence-electron chi connectivity index (χ3n) is 1.74. The van der Waals surface area contributed by atoms with E-state index >= 15 is 0 Å². The van der Waals surface area contributed by atoms with Crippen LogP contribution < -0.4 is 0 Å². The number of nitriles is 1. The lowest BCUT2D eigenvalue weighted by Crippen LogP contribution is -2.14. The maximum Gasteiger partial charge on any atom is 0.152 e. The standard InChI is InChI=1S/C10H11NO2S/c1-8-2-4-10(5-3-8)14(13)7-9(12)6-11/h2-5,9,12H,7H2,1H3/t9-,14+/m1/s1. The van der Waals surface area contributed by atoms with Crippen LogP contribution >= 0.6 is 0 Å². The van der Waals surface area contributed by atoms with E-state index in [-0.39, 0.29) is 5.75 Å². The Labute approximate surface area is 85.5 Å². The highest BCUT2D eigenvalue weighted by atomic mass is 32.2. The third-order valence-corrected chi connectivity index (χ3v) is 3.16. The molecule has 0 radical (unpaired) electrons.